The summed E-state index contributed by atoms with van der Waals surface area (Å²) in [5.41, 5.74) is 4.48. The number of hydrogen-bond donors (Lipinski definition) is 1. The van der Waals surface area contributed by atoms with Crippen LogP contribution in [-0.4, -0.2) is 58.6 Å². The first-order chi connectivity index (χ1) is 14.6. The van der Waals surface area contributed by atoms with E-state index in [0.717, 1.165) is 61.7 Å². The van der Waals surface area contributed by atoms with Gasteiger partial charge in [0.25, 0.3) is 0 Å². The highest BCUT2D eigenvalue weighted by molar-refractivity contribution is 5.82. The van der Waals surface area contributed by atoms with Crippen LogP contribution in [0, 0.1) is 5.92 Å². The summed E-state index contributed by atoms with van der Waals surface area (Å²) in [7, 11) is 1.92. The zero-order chi connectivity index (χ0) is 20.7. The van der Waals surface area contributed by atoms with Crippen molar-refractivity contribution in [1.82, 2.24) is 24.8 Å². The van der Waals surface area contributed by atoms with Gasteiger partial charge in [-0.2, -0.15) is 9.61 Å². The predicted octanol–water partition coefficient (Wildman–Crippen LogP) is 2.07. The molecule has 30 heavy (non-hydrogen) atoms. The summed E-state index contributed by atoms with van der Waals surface area (Å²) in [5.74, 6) is 1.34. The fourth-order valence-electron chi connectivity index (χ4n) is 4.58. The third-order valence-electron chi connectivity index (χ3n) is 6.52. The molecular weight excluding hydrogens is 376 g/mol. The van der Waals surface area contributed by atoms with Crippen molar-refractivity contribution in [2.45, 2.75) is 25.8 Å². The van der Waals surface area contributed by atoms with Crippen molar-refractivity contribution < 1.29 is 4.79 Å². The number of fused-ring (bicyclic) bond motifs is 2. The second kappa shape index (κ2) is 7.72. The van der Waals surface area contributed by atoms with Crippen LogP contribution < -0.4 is 10.2 Å². The van der Waals surface area contributed by atoms with Crippen LogP contribution in [0.2, 0.25) is 0 Å². The van der Waals surface area contributed by atoms with Gasteiger partial charge in [0.15, 0.2) is 5.65 Å². The van der Waals surface area contributed by atoms with Gasteiger partial charge in [0.05, 0.1) is 23.9 Å². The molecule has 1 N–H and O–H groups in total. The average Bonchev–Trinajstić information content (AvgIpc) is 3.08. The van der Waals surface area contributed by atoms with E-state index in [2.05, 4.69) is 34.4 Å². The molecule has 4 heterocycles. The highest BCUT2D eigenvalue weighted by Gasteiger charge is 2.38. The molecule has 1 atom stereocenters. The fourth-order valence-corrected chi connectivity index (χ4v) is 4.58. The Kier molecular flexibility index (Phi) is 4.90. The van der Waals surface area contributed by atoms with Gasteiger partial charge >= 0.3 is 0 Å². The molecule has 0 aliphatic carbocycles. The SMILES string of the molecule is C[C@@H](c1ccccc1)N(C)C(=O)C1CN(c2c3c(nc4ccnn24)CCNCC3)C1. The Morgan fingerprint density at radius 2 is 1.93 bits per heavy atom. The zero-order valence-electron chi connectivity index (χ0n) is 17.6. The van der Waals surface area contributed by atoms with Gasteiger partial charge in [-0.25, -0.2) is 4.98 Å². The van der Waals surface area contributed by atoms with E-state index in [1.54, 1.807) is 6.20 Å². The van der Waals surface area contributed by atoms with Crippen molar-refractivity contribution in [3.8, 4) is 0 Å². The summed E-state index contributed by atoms with van der Waals surface area (Å²) >= 11 is 0. The van der Waals surface area contributed by atoms with Crippen LogP contribution in [-0.2, 0) is 17.6 Å². The van der Waals surface area contributed by atoms with Crippen molar-refractivity contribution in [3.05, 3.63) is 59.4 Å². The number of rotatable bonds is 4. The van der Waals surface area contributed by atoms with Crippen LogP contribution in [0.3, 0.4) is 0 Å². The maximum atomic E-state index is 13.1. The van der Waals surface area contributed by atoms with Crippen molar-refractivity contribution >= 4 is 17.4 Å². The Bertz CT molecular complexity index is 1060. The molecule has 1 fully saturated rings. The molecular formula is C23H28N6O. The number of carbonyl (C=O) groups excluding carboxylic acids is 1. The van der Waals surface area contributed by atoms with Gasteiger partial charge in [-0.1, -0.05) is 30.3 Å². The van der Waals surface area contributed by atoms with Gasteiger partial charge < -0.3 is 15.1 Å². The van der Waals surface area contributed by atoms with E-state index in [4.69, 9.17) is 4.98 Å². The van der Waals surface area contributed by atoms with Crippen LogP contribution in [0.5, 0.6) is 0 Å². The smallest absolute Gasteiger partial charge is 0.229 e. The maximum absolute atomic E-state index is 13.1. The molecule has 3 aromatic rings. The highest BCUT2D eigenvalue weighted by atomic mass is 16.2. The summed E-state index contributed by atoms with van der Waals surface area (Å²) in [6.07, 6.45) is 3.67. The molecule has 7 nitrogen and oxygen atoms in total. The summed E-state index contributed by atoms with van der Waals surface area (Å²) < 4.78 is 1.95. The Morgan fingerprint density at radius 3 is 2.73 bits per heavy atom. The first kappa shape index (κ1) is 19.1. The quantitative estimate of drug-likeness (QED) is 0.721. The maximum Gasteiger partial charge on any atom is 0.229 e. The molecule has 1 amide bonds. The van der Waals surface area contributed by atoms with E-state index in [0.29, 0.717) is 0 Å². The zero-order valence-corrected chi connectivity index (χ0v) is 17.6. The molecule has 1 saturated heterocycles. The predicted molar refractivity (Wildman–Crippen MR) is 117 cm³/mol. The van der Waals surface area contributed by atoms with Crippen LogP contribution in [0.15, 0.2) is 42.6 Å². The molecule has 0 radical (unpaired) electrons. The number of anilines is 1. The molecule has 2 aliphatic heterocycles. The van der Waals surface area contributed by atoms with E-state index in [1.165, 1.54) is 5.56 Å². The highest BCUT2D eigenvalue weighted by Crippen LogP contribution is 2.33. The lowest BCUT2D eigenvalue weighted by Gasteiger charge is -2.43. The summed E-state index contributed by atoms with van der Waals surface area (Å²) in [4.78, 5) is 22.2. The number of hydrogen-bond acceptors (Lipinski definition) is 5. The number of amides is 1. The second-order valence-corrected chi connectivity index (χ2v) is 8.35. The average molecular weight is 405 g/mol. The molecule has 0 bridgehead atoms. The summed E-state index contributed by atoms with van der Waals surface area (Å²) in [6, 6.07) is 12.2. The fraction of sp³-hybridized carbons (Fsp3) is 0.435. The largest absolute Gasteiger partial charge is 0.354 e. The van der Waals surface area contributed by atoms with E-state index in [9.17, 15) is 4.79 Å². The van der Waals surface area contributed by atoms with E-state index < -0.39 is 0 Å². The minimum absolute atomic E-state index is 0.0134. The van der Waals surface area contributed by atoms with Gasteiger partial charge in [0.1, 0.15) is 5.82 Å². The lowest BCUT2D eigenvalue weighted by molar-refractivity contribution is -0.137. The lowest BCUT2D eigenvalue weighted by Crippen LogP contribution is -2.55. The molecule has 0 spiro atoms. The third kappa shape index (κ3) is 3.23. The minimum Gasteiger partial charge on any atom is -0.354 e. The van der Waals surface area contributed by atoms with E-state index in [-0.39, 0.29) is 17.9 Å². The number of benzene rings is 1. The summed E-state index contributed by atoms with van der Waals surface area (Å²) in [6.45, 7) is 5.44. The molecule has 7 heteroatoms. The molecule has 5 rings (SSSR count). The Hall–Kier alpha value is -2.93. The van der Waals surface area contributed by atoms with Gasteiger partial charge in [0.2, 0.25) is 5.91 Å². The number of nitrogens with one attached hydrogen (secondary N) is 1. The van der Waals surface area contributed by atoms with Crippen molar-refractivity contribution in [3.63, 3.8) is 0 Å². The minimum atomic E-state index is 0.0134. The second-order valence-electron chi connectivity index (χ2n) is 8.35. The normalized spacial score (nSPS) is 17.9. The molecule has 2 aromatic heterocycles. The van der Waals surface area contributed by atoms with Gasteiger partial charge in [-0.15, -0.1) is 0 Å². The molecule has 2 aliphatic rings. The molecule has 156 valence electrons. The molecule has 1 aromatic carbocycles. The Morgan fingerprint density at radius 1 is 1.17 bits per heavy atom. The first-order valence-electron chi connectivity index (χ1n) is 10.8. The number of carbonyl (C=O) groups is 1. The van der Waals surface area contributed by atoms with E-state index >= 15 is 0 Å². The van der Waals surface area contributed by atoms with Gasteiger partial charge in [-0.05, 0) is 25.5 Å². The lowest BCUT2D eigenvalue weighted by atomic mass is 9.95. The van der Waals surface area contributed by atoms with Crippen LogP contribution in [0.1, 0.15) is 29.8 Å². The van der Waals surface area contributed by atoms with Crippen molar-refractivity contribution in [2.24, 2.45) is 5.92 Å². The monoisotopic (exact) mass is 404 g/mol. The Labute approximate surface area is 176 Å². The summed E-state index contributed by atoms with van der Waals surface area (Å²) in [5, 5.41) is 7.99. The van der Waals surface area contributed by atoms with Crippen molar-refractivity contribution in [2.75, 3.05) is 38.1 Å². The standard InChI is InChI=1S/C23H28N6O/c1-16(17-6-4-3-5-7-17)27(2)23(30)18-14-28(15-18)22-19-8-11-24-12-9-20(19)26-21-10-13-25-29(21)22/h3-7,10,13,16,18,24H,8-9,11-12,14-15H2,1-2H3/t16-/m0/s1. The van der Waals surface area contributed by atoms with E-state index in [1.807, 2.05) is 40.7 Å². The van der Waals surface area contributed by atoms with Gasteiger partial charge in [-0.3, -0.25) is 4.79 Å². The first-order valence-corrected chi connectivity index (χ1v) is 10.8. The van der Waals surface area contributed by atoms with Crippen LogP contribution >= 0.6 is 0 Å². The number of nitrogens with zero attached hydrogens (tertiary/aromatic N) is 5. The van der Waals surface area contributed by atoms with Crippen molar-refractivity contribution in [1.29, 1.82) is 0 Å². The Balaban J connectivity index is 1.36. The third-order valence-corrected chi connectivity index (χ3v) is 6.52. The van der Waals surface area contributed by atoms with Crippen LogP contribution in [0.4, 0.5) is 5.82 Å². The molecule has 0 unspecified atom stereocenters. The topological polar surface area (TPSA) is 65.8 Å². The van der Waals surface area contributed by atoms with Crippen LogP contribution in [0.25, 0.3) is 5.65 Å². The molecule has 0 saturated carbocycles. The number of aromatic nitrogens is 3. The van der Waals surface area contributed by atoms with Gasteiger partial charge in [0, 0.05) is 44.7 Å².